The summed E-state index contributed by atoms with van der Waals surface area (Å²) in [5.41, 5.74) is 6.65. The topological polar surface area (TPSA) is 96.0 Å². The van der Waals surface area contributed by atoms with Crippen molar-refractivity contribution in [2.45, 2.75) is 51.0 Å². The molecule has 5 nitrogen and oxygen atoms in total. The van der Waals surface area contributed by atoms with Gasteiger partial charge in [0.1, 0.15) is 6.04 Å². The first-order chi connectivity index (χ1) is 12.5. The van der Waals surface area contributed by atoms with Gasteiger partial charge in [0, 0.05) is 11.8 Å². The number of rotatable bonds is 5. The Morgan fingerprint density at radius 3 is 2.35 bits per heavy atom. The zero-order chi connectivity index (χ0) is 18.3. The fourth-order valence-electron chi connectivity index (χ4n) is 5.93. The summed E-state index contributed by atoms with van der Waals surface area (Å²) in [5, 5.41) is 12.0. The largest absolute Gasteiger partial charge is 0.368 e. The lowest BCUT2D eigenvalue weighted by Gasteiger charge is -2.55. The van der Waals surface area contributed by atoms with Crippen LogP contribution in [0.2, 0.25) is 0 Å². The fraction of sp³-hybridized carbons (Fsp3) is 0.571. The maximum Gasteiger partial charge on any atom is 0.240 e. The molecule has 0 aromatic heterocycles. The molecule has 3 N–H and O–H groups in total. The van der Waals surface area contributed by atoms with Crippen LogP contribution in [0, 0.1) is 34.5 Å². The van der Waals surface area contributed by atoms with Crippen molar-refractivity contribution in [1.82, 2.24) is 5.32 Å². The molecule has 0 aliphatic heterocycles. The van der Waals surface area contributed by atoms with E-state index in [0.717, 1.165) is 24.8 Å². The molecule has 4 saturated carbocycles. The number of nitrogens with two attached hydrogens (primary N) is 1. The second-order valence-corrected chi connectivity index (χ2v) is 8.64. The van der Waals surface area contributed by atoms with Crippen LogP contribution in [0.4, 0.5) is 0 Å². The van der Waals surface area contributed by atoms with Crippen LogP contribution in [0.5, 0.6) is 0 Å². The number of benzene rings is 1. The number of hydrogen-bond acceptors (Lipinski definition) is 3. The number of amides is 2. The third-order valence-corrected chi connectivity index (χ3v) is 6.66. The maximum atomic E-state index is 13.2. The van der Waals surface area contributed by atoms with Crippen LogP contribution in [-0.4, -0.2) is 17.9 Å². The van der Waals surface area contributed by atoms with Crippen LogP contribution in [0.15, 0.2) is 24.3 Å². The van der Waals surface area contributed by atoms with E-state index in [-0.39, 0.29) is 11.3 Å². The van der Waals surface area contributed by atoms with Crippen LogP contribution in [0.25, 0.3) is 0 Å². The highest BCUT2D eigenvalue weighted by atomic mass is 16.2. The van der Waals surface area contributed by atoms with E-state index in [1.807, 2.05) is 6.07 Å². The van der Waals surface area contributed by atoms with Crippen molar-refractivity contribution in [3.05, 3.63) is 35.4 Å². The van der Waals surface area contributed by atoms with Gasteiger partial charge in [-0.25, -0.2) is 0 Å². The van der Waals surface area contributed by atoms with E-state index in [1.165, 1.54) is 19.3 Å². The van der Waals surface area contributed by atoms with Gasteiger partial charge in [0.2, 0.25) is 11.8 Å². The number of nitriles is 1. The Balaban J connectivity index is 1.49. The highest BCUT2D eigenvalue weighted by Gasteiger charge is 2.54. The van der Waals surface area contributed by atoms with E-state index in [0.29, 0.717) is 29.7 Å². The van der Waals surface area contributed by atoms with Crippen molar-refractivity contribution in [3.63, 3.8) is 0 Å². The molecule has 26 heavy (non-hydrogen) atoms. The number of primary amides is 1. The first kappa shape index (κ1) is 17.1. The third-order valence-electron chi connectivity index (χ3n) is 6.66. The minimum absolute atomic E-state index is 0.0110. The molecule has 4 aliphatic rings. The van der Waals surface area contributed by atoms with Gasteiger partial charge in [0.25, 0.3) is 0 Å². The normalized spacial score (nSPS) is 32.7. The van der Waals surface area contributed by atoms with E-state index in [4.69, 9.17) is 11.0 Å². The second kappa shape index (κ2) is 6.42. The maximum absolute atomic E-state index is 13.2. The molecule has 5 rings (SSSR count). The third kappa shape index (κ3) is 3.09. The van der Waals surface area contributed by atoms with Crippen molar-refractivity contribution >= 4 is 11.8 Å². The SMILES string of the molecule is N#Cc1cccc(C[C@H](NC(=O)C23CC4CC(CC(C4)C2)C3)C(N)=O)c1. The Morgan fingerprint density at radius 2 is 1.81 bits per heavy atom. The van der Waals surface area contributed by atoms with Gasteiger partial charge in [0.05, 0.1) is 11.6 Å². The Labute approximate surface area is 153 Å². The van der Waals surface area contributed by atoms with E-state index >= 15 is 0 Å². The lowest BCUT2D eigenvalue weighted by atomic mass is 9.49. The van der Waals surface area contributed by atoms with Crippen molar-refractivity contribution in [2.75, 3.05) is 0 Å². The van der Waals surface area contributed by atoms with Gasteiger partial charge in [-0.3, -0.25) is 9.59 Å². The lowest BCUT2D eigenvalue weighted by Crippen LogP contribution is -2.57. The van der Waals surface area contributed by atoms with Crippen LogP contribution >= 0.6 is 0 Å². The Morgan fingerprint density at radius 1 is 1.19 bits per heavy atom. The molecule has 0 heterocycles. The molecule has 4 aliphatic carbocycles. The highest BCUT2D eigenvalue weighted by Crippen LogP contribution is 2.60. The summed E-state index contributed by atoms with van der Waals surface area (Å²) in [6.45, 7) is 0. The molecular weight excluding hydrogens is 326 g/mol. The Bertz CT molecular complexity index is 744. The fourth-order valence-corrected chi connectivity index (χ4v) is 5.93. The van der Waals surface area contributed by atoms with Crippen molar-refractivity contribution in [1.29, 1.82) is 5.26 Å². The molecule has 1 aromatic carbocycles. The standard InChI is InChI=1S/C21H25N3O2/c22-12-14-3-1-2-13(4-14)8-18(19(23)25)24-20(26)21-9-15-5-16(10-21)7-17(6-15)11-21/h1-4,15-18H,5-11H2,(H2,23,25)(H,24,26)/t15?,16?,17?,18-,21?/m0/s1. The second-order valence-electron chi connectivity index (χ2n) is 8.64. The molecule has 5 heteroatoms. The average Bonchev–Trinajstić information content (AvgIpc) is 2.60. The molecule has 4 bridgehead atoms. The minimum atomic E-state index is -0.732. The van der Waals surface area contributed by atoms with Gasteiger partial charge >= 0.3 is 0 Å². The quantitative estimate of drug-likeness (QED) is 0.852. The van der Waals surface area contributed by atoms with Gasteiger partial charge in [-0.2, -0.15) is 5.26 Å². The van der Waals surface area contributed by atoms with Gasteiger partial charge in [-0.1, -0.05) is 12.1 Å². The van der Waals surface area contributed by atoms with Crippen LogP contribution in [0.3, 0.4) is 0 Å². The highest BCUT2D eigenvalue weighted by molar-refractivity contribution is 5.90. The number of carbonyl (C=O) groups excluding carboxylic acids is 2. The molecule has 1 atom stereocenters. The number of nitrogens with one attached hydrogen (secondary N) is 1. The Hall–Kier alpha value is -2.35. The van der Waals surface area contributed by atoms with E-state index in [9.17, 15) is 9.59 Å². The van der Waals surface area contributed by atoms with E-state index in [1.54, 1.807) is 18.2 Å². The van der Waals surface area contributed by atoms with E-state index < -0.39 is 11.9 Å². The Kier molecular flexibility index (Phi) is 4.22. The number of nitrogens with zero attached hydrogens (tertiary/aromatic N) is 1. The van der Waals surface area contributed by atoms with Gasteiger partial charge in [-0.05, 0) is 74.0 Å². The summed E-state index contributed by atoms with van der Waals surface area (Å²) in [6, 6.07) is 8.47. The minimum Gasteiger partial charge on any atom is -0.368 e. The molecular formula is C21H25N3O2. The van der Waals surface area contributed by atoms with Crippen LogP contribution < -0.4 is 11.1 Å². The molecule has 4 fully saturated rings. The van der Waals surface area contributed by atoms with Gasteiger partial charge in [0.15, 0.2) is 0 Å². The summed E-state index contributed by atoms with van der Waals surface area (Å²) in [4.78, 5) is 25.1. The summed E-state index contributed by atoms with van der Waals surface area (Å²) in [5.74, 6) is 1.51. The molecule has 136 valence electrons. The molecule has 0 unspecified atom stereocenters. The summed E-state index contributed by atoms with van der Waals surface area (Å²) < 4.78 is 0. The van der Waals surface area contributed by atoms with Crippen molar-refractivity contribution in [2.24, 2.45) is 28.9 Å². The summed E-state index contributed by atoms with van der Waals surface area (Å²) in [6.07, 6.45) is 7.01. The monoisotopic (exact) mass is 351 g/mol. The molecule has 1 aromatic rings. The van der Waals surface area contributed by atoms with Crippen molar-refractivity contribution < 1.29 is 9.59 Å². The molecule has 0 radical (unpaired) electrons. The van der Waals surface area contributed by atoms with Gasteiger partial charge < -0.3 is 11.1 Å². The molecule has 0 spiro atoms. The zero-order valence-electron chi connectivity index (χ0n) is 14.9. The van der Waals surface area contributed by atoms with Crippen molar-refractivity contribution in [3.8, 4) is 6.07 Å². The molecule has 2 amide bonds. The van der Waals surface area contributed by atoms with Gasteiger partial charge in [-0.15, -0.1) is 0 Å². The van der Waals surface area contributed by atoms with Crippen LogP contribution in [0.1, 0.15) is 49.7 Å². The predicted octanol–water partition coefficient (Wildman–Crippen LogP) is 2.29. The summed E-state index contributed by atoms with van der Waals surface area (Å²) in [7, 11) is 0. The zero-order valence-corrected chi connectivity index (χ0v) is 14.9. The van der Waals surface area contributed by atoms with E-state index in [2.05, 4.69) is 11.4 Å². The first-order valence-corrected chi connectivity index (χ1v) is 9.57. The lowest BCUT2D eigenvalue weighted by molar-refractivity contribution is -0.148. The van der Waals surface area contributed by atoms with Crippen LogP contribution in [-0.2, 0) is 16.0 Å². The number of hydrogen-bond donors (Lipinski definition) is 2. The summed E-state index contributed by atoms with van der Waals surface area (Å²) >= 11 is 0. The average molecular weight is 351 g/mol. The number of carbonyl (C=O) groups is 2. The first-order valence-electron chi connectivity index (χ1n) is 9.57. The smallest absolute Gasteiger partial charge is 0.240 e. The predicted molar refractivity (Wildman–Crippen MR) is 96.6 cm³/mol. The molecule has 0 saturated heterocycles.